The maximum absolute atomic E-state index is 12.1. The Balaban J connectivity index is 1.66. The summed E-state index contributed by atoms with van der Waals surface area (Å²) in [5, 5.41) is 5.28. The van der Waals surface area contributed by atoms with E-state index in [1.54, 1.807) is 6.33 Å². The van der Waals surface area contributed by atoms with Crippen molar-refractivity contribution in [1.82, 2.24) is 25.3 Å². The van der Waals surface area contributed by atoms with Crippen molar-refractivity contribution < 1.29 is 0 Å². The van der Waals surface area contributed by atoms with Gasteiger partial charge in [0.2, 0.25) is 0 Å². The van der Waals surface area contributed by atoms with Gasteiger partial charge in [0.25, 0.3) is 5.56 Å². The quantitative estimate of drug-likeness (QED) is 0.741. The van der Waals surface area contributed by atoms with Crippen LogP contribution in [0, 0.1) is 0 Å². The highest BCUT2D eigenvalue weighted by molar-refractivity contribution is 7.17. The standard InChI is InChI=1S/C16H18N6OS/c1-22(8-13-20-12-4-7-24-14(12)16(23)21-13)15-10-2-5-17-6-3-11(10)18-9-19-15/h4,7,9,17H,2-3,5-6,8H2,1H3,(H,20,21,23). The molecule has 0 saturated heterocycles. The van der Waals surface area contributed by atoms with E-state index in [9.17, 15) is 4.79 Å². The van der Waals surface area contributed by atoms with Gasteiger partial charge in [-0.15, -0.1) is 11.3 Å². The number of nitrogens with zero attached hydrogens (tertiary/aromatic N) is 4. The number of hydrogen-bond acceptors (Lipinski definition) is 7. The molecule has 0 radical (unpaired) electrons. The van der Waals surface area contributed by atoms with E-state index in [2.05, 4.69) is 25.3 Å². The molecular formula is C16H18N6OS. The number of aromatic amines is 1. The van der Waals surface area contributed by atoms with Gasteiger partial charge >= 0.3 is 0 Å². The number of aromatic nitrogens is 4. The fourth-order valence-electron chi connectivity index (χ4n) is 3.08. The van der Waals surface area contributed by atoms with Gasteiger partial charge in [0, 0.05) is 25.6 Å². The zero-order valence-corrected chi connectivity index (χ0v) is 14.2. The number of hydrogen-bond donors (Lipinski definition) is 2. The minimum atomic E-state index is -0.0795. The molecule has 0 fully saturated rings. The first-order valence-electron chi connectivity index (χ1n) is 7.93. The second kappa shape index (κ2) is 6.29. The van der Waals surface area contributed by atoms with Crippen molar-refractivity contribution in [2.75, 3.05) is 25.0 Å². The molecule has 1 aliphatic rings. The summed E-state index contributed by atoms with van der Waals surface area (Å²) in [7, 11) is 1.97. The molecule has 3 aromatic rings. The summed E-state index contributed by atoms with van der Waals surface area (Å²) in [6, 6.07) is 1.88. The number of rotatable bonds is 3. The maximum atomic E-state index is 12.1. The molecular weight excluding hydrogens is 324 g/mol. The minimum absolute atomic E-state index is 0.0795. The summed E-state index contributed by atoms with van der Waals surface area (Å²) in [4.78, 5) is 30.5. The molecule has 4 heterocycles. The lowest BCUT2D eigenvalue weighted by atomic mass is 10.1. The molecule has 0 aliphatic carbocycles. The summed E-state index contributed by atoms with van der Waals surface area (Å²) in [6.07, 6.45) is 3.44. The van der Waals surface area contributed by atoms with Crippen LogP contribution in [0.1, 0.15) is 17.1 Å². The van der Waals surface area contributed by atoms with Crippen LogP contribution in [-0.2, 0) is 19.4 Å². The molecule has 0 aromatic carbocycles. The molecule has 124 valence electrons. The van der Waals surface area contributed by atoms with E-state index in [1.165, 1.54) is 16.9 Å². The van der Waals surface area contributed by atoms with Crippen LogP contribution < -0.4 is 15.8 Å². The Morgan fingerprint density at radius 2 is 2.17 bits per heavy atom. The maximum Gasteiger partial charge on any atom is 0.268 e. The van der Waals surface area contributed by atoms with Crippen molar-refractivity contribution in [3.8, 4) is 0 Å². The molecule has 3 aromatic heterocycles. The highest BCUT2D eigenvalue weighted by Crippen LogP contribution is 2.22. The third-order valence-electron chi connectivity index (χ3n) is 4.21. The van der Waals surface area contributed by atoms with Gasteiger partial charge in [-0.25, -0.2) is 15.0 Å². The smallest absolute Gasteiger partial charge is 0.268 e. The monoisotopic (exact) mass is 342 g/mol. The second-order valence-electron chi connectivity index (χ2n) is 5.88. The van der Waals surface area contributed by atoms with Gasteiger partial charge in [-0.3, -0.25) is 4.79 Å². The summed E-state index contributed by atoms with van der Waals surface area (Å²) < 4.78 is 0.670. The fraction of sp³-hybridized carbons (Fsp3) is 0.375. The Kier molecular flexibility index (Phi) is 3.99. The number of H-pyrrole nitrogens is 1. The van der Waals surface area contributed by atoms with Crippen LogP contribution in [0.15, 0.2) is 22.6 Å². The summed E-state index contributed by atoms with van der Waals surface area (Å²) >= 11 is 1.41. The van der Waals surface area contributed by atoms with Crippen LogP contribution in [0.5, 0.6) is 0 Å². The van der Waals surface area contributed by atoms with Crippen LogP contribution in [0.2, 0.25) is 0 Å². The molecule has 0 bridgehead atoms. The van der Waals surface area contributed by atoms with Gasteiger partial charge in [-0.05, 0) is 24.4 Å². The van der Waals surface area contributed by atoms with E-state index in [1.807, 2.05) is 23.4 Å². The molecule has 4 rings (SSSR count). The fourth-order valence-corrected chi connectivity index (χ4v) is 3.81. The Bertz CT molecular complexity index is 934. The molecule has 0 spiro atoms. The molecule has 7 nitrogen and oxygen atoms in total. The second-order valence-corrected chi connectivity index (χ2v) is 6.79. The Labute approximate surface area is 142 Å². The molecule has 0 saturated carbocycles. The van der Waals surface area contributed by atoms with Crippen LogP contribution in [0.4, 0.5) is 5.82 Å². The predicted octanol–water partition coefficient (Wildman–Crippen LogP) is 1.10. The zero-order valence-electron chi connectivity index (χ0n) is 13.4. The van der Waals surface area contributed by atoms with E-state index in [0.29, 0.717) is 17.1 Å². The van der Waals surface area contributed by atoms with Gasteiger partial charge in [-0.1, -0.05) is 0 Å². The molecule has 1 aliphatic heterocycles. The molecule has 0 atom stereocenters. The Morgan fingerprint density at radius 1 is 1.29 bits per heavy atom. The number of thiophene rings is 1. The number of nitrogens with one attached hydrogen (secondary N) is 2. The normalized spacial score (nSPS) is 14.4. The zero-order chi connectivity index (χ0) is 16.5. The molecule has 0 unspecified atom stereocenters. The highest BCUT2D eigenvalue weighted by Gasteiger charge is 2.17. The minimum Gasteiger partial charge on any atom is -0.352 e. The van der Waals surface area contributed by atoms with Gasteiger partial charge < -0.3 is 15.2 Å². The first kappa shape index (κ1) is 15.2. The van der Waals surface area contributed by atoms with E-state index in [-0.39, 0.29) is 5.56 Å². The lowest BCUT2D eigenvalue weighted by Gasteiger charge is -2.21. The first-order chi connectivity index (χ1) is 11.7. The third kappa shape index (κ3) is 2.78. The van der Waals surface area contributed by atoms with Crippen molar-refractivity contribution in [2.24, 2.45) is 0 Å². The van der Waals surface area contributed by atoms with Crippen LogP contribution >= 0.6 is 11.3 Å². The van der Waals surface area contributed by atoms with Gasteiger partial charge in [0.15, 0.2) is 0 Å². The van der Waals surface area contributed by atoms with Crippen molar-refractivity contribution in [3.63, 3.8) is 0 Å². The van der Waals surface area contributed by atoms with E-state index >= 15 is 0 Å². The van der Waals surface area contributed by atoms with E-state index in [4.69, 9.17) is 0 Å². The Hall–Kier alpha value is -2.32. The average Bonchev–Trinajstić information content (AvgIpc) is 2.91. The van der Waals surface area contributed by atoms with Crippen molar-refractivity contribution in [1.29, 1.82) is 0 Å². The molecule has 2 N–H and O–H groups in total. The highest BCUT2D eigenvalue weighted by atomic mass is 32.1. The SMILES string of the molecule is CN(Cc1nc2ccsc2c(=O)[nH]1)c1ncnc2c1CCNCC2. The number of fused-ring (bicyclic) bond motifs is 2. The molecule has 24 heavy (non-hydrogen) atoms. The van der Waals surface area contributed by atoms with Crippen LogP contribution in [0.3, 0.4) is 0 Å². The lowest BCUT2D eigenvalue weighted by Crippen LogP contribution is -2.24. The largest absolute Gasteiger partial charge is 0.352 e. The van der Waals surface area contributed by atoms with Crippen LogP contribution in [0.25, 0.3) is 10.2 Å². The van der Waals surface area contributed by atoms with Crippen molar-refractivity contribution in [3.05, 3.63) is 45.2 Å². The average molecular weight is 342 g/mol. The van der Waals surface area contributed by atoms with Crippen LogP contribution in [-0.4, -0.2) is 40.1 Å². The summed E-state index contributed by atoms with van der Waals surface area (Å²) in [5.74, 6) is 1.56. The summed E-state index contributed by atoms with van der Waals surface area (Å²) in [6.45, 7) is 2.37. The first-order valence-corrected chi connectivity index (χ1v) is 8.81. The third-order valence-corrected chi connectivity index (χ3v) is 5.12. The van der Waals surface area contributed by atoms with Crippen molar-refractivity contribution in [2.45, 2.75) is 19.4 Å². The topological polar surface area (TPSA) is 86.8 Å². The van der Waals surface area contributed by atoms with E-state index < -0.39 is 0 Å². The number of anilines is 1. The van der Waals surface area contributed by atoms with Gasteiger partial charge in [0.1, 0.15) is 22.7 Å². The molecule has 0 amide bonds. The van der Waals surface area contributed by atoms with Gasteiger partial charge in [0.05, 0.1) is 17.8 Å². The van der Waals surface area contributed by atoms with Crippen molar-refractivity contribution >= 4 is 27.4 Å². The van der Waals surface area contributed by atoms with E-state index in [0.717, 1.165) is 43.0 Å². The summed E-state index contributed by atoms with van der Waals surface area (Å²) in [5.41, 5.74) is 2.96. The molecule has 8 heteroatoms. The lowest BCUT2D eigenvalue weighted by molar-refractivity contribution is 0.708. The predicted molar refractivity (Wildman–Crippen MR) is 94.7 cm³/mol. The van der Waals surface area contributed by atoms with Gasteiger partial charge in [-0.2, -0.15) is 0 Å². The Morgan fingerprint density at radius 3 is 3.08 bits per heavy atom.